The first-order chi connectivity index (χ1) is 14.3. The highest BCUT2D eigenvalue weighted by molar-refractivity contribution is 6.03. The zero-order valence-corrected chi connectivity index (χ0v) is 15.4. The van der Waals surface area contributed by atoms with Crippen molar-refractivity contribution in [3.8, 4) is 5.69 Å². The van der Waals surface area contributed by atoms with Crippen LogP contribution in [0.1, 0.15) is 16.1 Å². The molecular formula is C23H16N4O2. The fourth-order valence-corrected chi connectivity index (χ4v) is 3.33. The van der Waals surface area contributed by atoms with E-state index in [0.29, 0.717) is 0 Å². The third-order valence-corrected chi connectivity index (χ3v) is 4.70. The van der Waals surface area contributed by atoms with Gasteiger partial charge in [0.2, 0.25) is 0 Å². The van der Waals surface area contributed by atoms with E-state index in [1.807, 2.05) is 78.9 Å². The van der Waals surface area contributed by atoms with Crippen LogP contribution in [-0.2, 0) is 11.3 Å². The molecule has 140 valence electrons. The first kappa shape index (κ1) is 17.1. The van der Waals surface area contributed by atoms with E-state index in [2.05, 4.69) is 10.3 Å². The lowest BCUT2D eigenvalue weighted by Crippen LogP contribution is -2.05. The SMILES string of the molecule is O=C(OCc1ccccc1)c1cn(-c2c3ccccc3nc3ccccc23)nn1. The number of carbonyl (C=O) groups excluding carboxylic acids is 1. The van der Waals surface area contributed by atoms with Crippen LogP contribution in [0.25, 0.3) is 27.5 Å². The highest BCUT2D eigenvalue weighted by Gasteiger charge is 2.17. The summed E-state index contributed by atoms with van der Waals surface area (Å²) in [6, 6.07) is 25.2. The Kier molecular flexibility index (Phi) is 4.22. The molecule has 0 aliphatic carbocycles. The molecule has 5 rings (SSSR count). The van der Waals surface area contributed by atoms with Gasteiger partial charge >= 0.3 is 5.97 Å². The van der Waals surface area contributed by atoms with Crippen molar-refractivity contribution in [1.29, 1.82) is 0 Å². The second-order valence-corrected chi connectivity index (χ2v) is 6.60. The average Bonchev–Trinajstić information content (AvgIpc) is 3.26. The van der Waals surface area contributed by atoms with E-state index in [1.54, 1.807) is 10.9 Å². The third kappa shape index (κ3) is 3.21. The first-order valence-electron chi connectivity index (χ1n) is 9.21. The molecule has 2 aromatic heterocycles. The number of fused-ring (bicyclic) bond motifs is 2. The topological polar surface area (TPSA) is 69.9 Å². The van der Waals surface area contributed by atoms with Crippen molar-refractivity contribution >= 4 is 27.8 Å². The smallest absolute Gasteiger partial charge is 0.360 e. The lowest BCUT2D eigenvalue weighted by molar-refractivity contribution is 0.0465. The molecule has 0 radical (unpaired) electrons. The summed E-state index contributed by atoms with van der Waals surface area (Å²) in [6.45, 7) is 0.188. The maximum Gasteiger partial charge on any atom is 0.360 e. The highest BCUT2D eigenvalue weighted by Crippen LogP contribution is 2.28. The van der Waals surface area contributed by atoms with Crippen molar-refractivity contribution in [3.05, 3.63) is 96.3 Å². The summed E-state index contributed by atoms with van der Waals surface area (Å²) in [5, 5.41) is 10.1. The Morgan fingerprint density at radius 1 is 0.828 bits per heavy atom. The van der Waals surface area contributed by atoms with Gasteiger partial charge in [-0.15, -0.1) is 5.10 Å². The van der Waals surface area contributed by atoms with Gasteiger partial charge in [0.05, 0.1) is 22.9 Å². The van der Waals surface area contributed by atoms with Crippen LogP contribution in [0.5, 0.6) is 0 Å². The van der Waals surface area contributed by atoms with Crippen molar-refractivity contribution in [2.45, 2.75) is 6.61 Å². The molecule has 6 heteroatoms. The van der Waals surface area contributed by atoms with Crippen molar-refractivity contribution in [2.75, 3.05) is 0 Å². The predicted molar refractivity (Wildman–Crippen MR) is 110 cm³/mol. The number of rotatable bonds is 4. The summed E-state index contributed by atoms with van der Waals surface area (Å²) in [6.07, 6.45) is 1.60. The number of hydrogen-bond donors (Lipinski definition) is 0. The molecule has 29 heavy (non-hydrogen) atoms. The van der Waals surface area contributed by atoms with Crippen molar-refractivity contribution in [3.63, 3.8) is 0 Å². The van der Waals surface area contributed by atoms with E-state index < -0.39 is 5.97 Å². The summed E-state index contributed by atoms with van der Waals surface area (Å²) < 4.78 is 6.99. The summed E-state index contributed by atoms with van der Waals surface area (Å²) in [5.41, 5.74) is 3.61. The van der Waals surface area contributed by atoms with Gasteiger partial charge in [-0.2, -0.15) is 0 Å². The number of aromatic nitrogens is 4. The second kappa shape index (κ2) is 7.16. The molecule has 0 aliphatic rings. The number of benzene rings is 3. The Balaban J connectivity index is 1.53. The fraction of sp³-hybridized carbons (Fsp3) is 0.0435. The van der Waals surface area contributed by atoms with Crippen LogP contribution >= 0.6 is 0 Å². The lowest BCUT2D eigenvalue weighted by Gasteiger charge is -2.10. The normalized spacial score (nSPS) is 11.0. The largest absolute Gasteiger partial charge is 0.456 e. The number of ether oxygens (including phenoxy) is 1. The van der Waals surface area contributed by atoms with Crippen molar-refractivity contribution in [1.82, 2.24) is 20.0 Å². The molecule has 0 spiro atoms. The van der Waals surface area contributed by atoms with Gasteiger partial charge in [-0.3, -0.25) is 0 Å². The van der Waals surface area contributed by atoms with Crippen LogP contribution in [0.4, 0.5) is 0 Å². The van der Waals surface area contributed by atoms with E-state index in [-0.39, 0.29) is 12.3 Å². The third-order valence-electron chi connectivity index (χ3n) is 4.70. The van der Waals surface area contributed by atoms with Gasteiger partial charge in [0.15, 0.2) is 5.69 Å². The number of pyridine rings is 1. The molecule has 3 aromatic carbocycles. The molecule has 0 aliphatic heterocycles. The Bertz CT molecular complexity index is 1270. The number of hydrogen-bond acceptors (Lipinski definition) is 5. The molecule has 0 saturated heterocycles. The molecule has 2 heterocycles. The van der Waals surface area contributed by atoms with Gasteiger partial charge < -0.3 is 4.74 Å². The standard InChI is InChI=1S/C23H16N4O2/c28-23(29-15-16-8-2-1-3-9-16)21-14-27(26-25-21)22-17-10-4-6-12-19(17)24-20-13-7-5-11-18(20)22/h1-14H,15H2. The minimum Gasteiger partial charge on any atom is -0.456 e. The molecule has 0 amide bonds. The van der Waals surface area contributed by atoms with E-state index in [9.17, 15) is 4.79 Å². The summed E-state index contributed by atoms with van der Waals surface area (Å²) in [5.74, 6) is -0.511. The van der Waals surface area contributed by atoms with E-state index in [1.165, 1.54) is 0 Å². The van der Waals surface area contributed by atoms with E-state index in [0.717, 1.165) is 33.1 Å². The highest BCUT2D eigenvalue weighted by atomic mass is 16.5. The second-order valence-electron chi connectivity index (χ2n) is 6.60. The first-order valence-corrected chi connectivity index (χ1v) is 9.21. The van der Waals surface area contributed by atoms with Crippen LogP contribution < -0.4 is 0 Å². The number of carbonyl (C=O) groups is 1. The maximum atomic E-state index is 12.4. The molecule has 0 unspecified atom stereocenters. The zero-order chi connectivity index (χ0) is 19.6. The maximum absolute atomic E-state index is 12.4. The Labute approximate surface area is 166 Å². The van der Waals surface area contributed by atoms with E-state index >= 15 is 0 Å². The van der Waals surface area contributed by atoms with Gasteiger partial charge in [-0.05, 0) is 17.7 Å². The van der Waals surface area contributed by atoms with Gasteiger partial charge in [0, 0.05) is 10.8 Å². The van der Waals surface area contributed by atoms with Crippen LogP contribution in [-0.4, -0.2) is 25.9 Å². The summed E-state index contributed by atoms with van der Waals surface area (Å²) >= 11 is 0. The molecule has 0 N–H and O–H groups in total. The van der Waals surface area contributed by atoms with Crippen molar-refractivity contribution in [2.24, 2.45) is 0 Å². The summed E-state index contributed by atoms with van der Waals surface area (Å²) in [4.78, 5) is 17.2. The Morgan fingerprint density at radius 3 is 2.14 bits per heavy atom. The number of para-hydroxylation sites is 2. The minimum absolute atomic E-state index is 0.158. The zero-order valence-electron chi connectivity index (χ0n) is 15.4. The van der Waals surface area contributed by atoms with Crippen molar-refractivity contribution < 1.29 is 9.53 Å². The molecule has 6 nitrogen and oxygen atoms in total. The molecule has 0 fully saturated rings. The minimum atomic E-state index is -0.511. The van der Waals surface area contributed by atoms with Crippen LogP contribution in [0.15, 0.2) is 85.1 Å². The Morgan fingerprint density at radius 2 is 1.45 bits per heavy atom. The summed E-state index contributed by atoms with van der Waals surface area (Å²) in [7, 11) is 0. The predicted octanol–water partition coefficient (Wildman–Crippen LogP) is 4.33. The van der Waals surface area contributed by atoms with Crippen LogP contribution in [0.3, 0.4) is 0 Å². The monoisotopic (exact) mass is 380 g/mol. The lowest BCUT2D eigenvalue weighted by atomic mass is 10.1. The molecule has 0 bridgehead atoms. The Hall–Kier alpha value is -4.06. The molecule has 0 saturated carbocycles. The number of nitrogens with zero attached hydrogens (tertiary/aromatic N) is 4. The van der Waals surface area contributed by atoms with Gasteiger partial charge in [0.1, 0.15) is 6.61 Å². The van der Waals surface area contributed by atoms with E-state index in [4.69, 9.17) is 9.72 Å². The average molecular weight is 380 g/mol. The van der Waals surface area contributed by atoms with Gasteiger partial charge in [-0.25, -0.2) is 14.5 Å². The van der Waals surface area contributed by atoms with Crippen LogP contribution in [0, 0.1) is 0 Å². The van der Waals surface area contributed by atoms with Crippen LogP contribution in [0.2, 0.25) is 0 Å². The number of esters is 1. The molecular weight excluding hydrogens is 364 g/mol. The molecule has 0 atom stereocenters. The quantitative estimate of drug-likeness (QED) is 0.343. The molecule has 5 aromatic rings. The fourth-order valence-electron chi connectivity index (χ4n) is 3.33. The van der Waals surface area contributed by atoms with Gasteiger partial charge in [-0.1, -0.05) is 71.9 Å². The van der Waals surface area contributed by atoms with Gasteiger partial charge in [0.25, 0.3) is 0 Å².